The fourth-order valence-electron chi connectivity index (χ4n) is 2.23. The van der Waals surface area contributed by atoms with Gasteiger partial charge in [-0.1, -0.05) is 0 Å². The van der Waals surface area contributed by atoms with E-state index in [-0.39, 0.29) is 18.1 Å². The Hall–Kier alpha value is -2.77. The zero-order valence-electron chi connectivity index (χ0n) is 11.2. The van der Waals surface area contributed by atoms with Crippen molar-refractivity contribution in [3.05, 3.63) is 41.6 Å². The highest BCUT2D eigenvalue weighted by atomic mass is 19.4. The van der Waals surface area contributed by atoms with Crippen LogP contribution in [0.5, 0.6) is 0 Å². The van der Waals surface area contributed by atoms with Crippen LogP contribution in [0.1, 0.15) is 11.1 Å². The monoisotopic (exact) mass is 308 g/mol. The normalized spacial score (nSPS) is 13.7. The fourth-order valence-corrected chi connectivity index (χ4v) is 2.23. The van der Waals surface area contributed by atoms with Crippen molar-refractivity contribution in [1.29, 1.82) is 0 Å². The number of carbonyl (C=O) groups excluding carboxylic acids is 1. The first-order valence-corrected chi connectivity index (χ1v) is 6.35. The van der Waals surface area contributed by atoms with E-state index in [1.165, 1.54) is 0 Å². The lowest BCUT2D eigenvalue weighted by Crippen LogP contribution is -2.10. The predicted molar refractivity (Wildman–Crippen MR) is 75.7 cm³/mol. The van der Waals surface area contributed by atoms with E-state index >= 15 is 0 Å². The van der Waals surface area contributed by atoms with Crippen LogP contribution in [-0.2, 0) is 17.4 Å². The second-order valence-corrected chi connectivity index (χ2v) is 4.88. The highest BCUT2D eigenvalue weighted by molar-refractivity contribution is 5.99. The van der Waals surface area contributed by atoms with Gasteiger partial charge in [0, 0.05) is 29.3 Å². The third-order valence-electron chi connectivity index (χ3n) is 3.24. The molecule has 1 aliphatic heterocycles. The topological polar surface area (TPSA) is 80.0 Å². The van der Waals surface area contributed by atoms with Crippen molar-refractivity contribution in [1.82, 2.24) is 4.98 Å². The van der Waals surface area contributed by atoms with Gasteiger partial charge < -0.3 is 16.4 Å². The van der Waals surface area contributed by atoms with Gasteiger partial charge in [0.05, 0.1) is 12.0 Å². The SMILES string of the molecule is Nc1cc(Nc2ccc3c(c2)CC(=O)N3)ncc1C(F)(F)F. The maximum absolute atomic E-state index is 12.6. The summed E-state index contributed by atoms with van der Waals surface area (Å²) < 4.78 is 37.8. The molecule has 114 valence electrons. The predicted octanol–water partition coefficient (Wildman–Crippen LogP) is 2.92. The number of carbonyl (C=O) groups is 1. The van der Waals surface area contributed by atoms with Gasteiger partial charge in [-0.25, -0.2) is 4.98 Å². The first kappa shape index (κ1) is 14.2. The molecule has 5 nitrogen and oxygen atoms in total. The summed E-state index contributed by atoms with van der Waals surface area (Å²) in [6.07, 6.45) is -3.57. The zero-order chi connectivity index (χ0) is 15.9. The van der Waals surface area contributed by atoms with E-state index in [0.29, 0.717) is 11.9 Å². The van der Waals surface area contributed by atoms with Crippen LogP contribution in [0.3, 0.4) is 0 Å². The van der Waals surface area contributed by atoms with Crippen LogP contribution in [0.4, 0.5) is 36.1 Å². The third kappa shape index (κ3) is 2.67. The van der Waals surface area contributed by atoms with E-state index in [1.54, 1.807) is 18.2 Å². The lowest BCUT2D eigenvalue weighted by molar-refractivity contribution is -0.137. The molecule has 0 aliphatic carbocycles. The molecule has 2 heterocycles. The summed E-state index contributed by atoms with van der Waals surface area (Å²) >= 11 is 0. The molecule has 22 heavy (non-hydrogen) atoms. The van der Waals surface area contributed by atoms with E-state index in [4.69, 9.17) is 5.73 Å². The Morgan fingerprint density at radius 1 is 1.27 bits per heavy atom. The Morgan fingerprint density at radius 2 is 2.05 bits per heavy atom. The van der Waals surface area contributed by atoms with Crippen LogP contribution in [0.2, 0.25) is 0 Å². The average Bonchev–Trinajstić information content (AvgIpc) is 2.76. The van der Waals surface area contributed by atoms with Crippen LogP contribution < -0.4 is 16.4 Å². The van der Waals surface area contributed by atoms with Gasteiger partial charge in [0.15, 0.2) is 0 Å². The molecular weight excluding hydrogens is 297 g/mol. The molecule has 0 saturated heterocycles. The van der Waals surface area contributed by atoms with Crippen molar-refractivity contribution >= 4 is 28.8 Å². The fraction of sp³-hybridized carbons (Fsp3) is 0.143. The number of hydrogen-bond acceptors (Lipinski definition) is 4. The molecular formula is C14H11F3N4O. The van der Waals surface area contributed by atoms with Crippen molar-refractivity contribution in [3.8, 4) is 0 Å². The largest absolute Gasteiger partial charge is 0.419 e. The molecule has 0 spiro atoms. The molecule has 1 aliphatic rings. The molecule has 0 fully saturated rings. The van der Waals surface area contributed by atoms with E-state index in [9.17, 15) is 18.0 Å². The van der Waals surface area contributed by atoms with Gasteiger partial charge in [-0.3, -0.25) is 4.79 Å². The highest BCUT2D eigenvalue weighted by Crippen LogP contribution is 2.34. The Balaban J connectivity index is 1.84. The number of hydrogen-bond donors (Lipinski definition) is 3. The van der Waals surface area contributed by atoms with Crippen LogP contribution in [0, 0.1) is 0 Å². The van der Waals surface area contributed by atoms with Crippen molar-refractivity contribution in [3.63, 3.8) is 0 Å². The van der Waals surface area contributed by atoms with Crippen molar-refractivity contribution in [2.45, 2.75) is 12.6 Å². The second-order valence-electron chi connectivity index (χ2n) is 4.88. The van der Waals surface area contributed by atoms with Crippen LogP contribution >= 0.6 is 0 Å². The summed E-state index contributed by atoms with van der Waals surface area (Å²) in [6.45, 7) is 0. The number of halogens is 3. The lowest BCUT2D eigenvalue weighted by atomic mass is 10.1. The van der Waals surface area contributed by atoms with Gasteiger partial charge in [-0.05, 0) is 23.8 Å². The van der Waals surface area contributed by atoms with Gasteiger partial charge in [0.2, 0.25) is 5.91 Å². The number of nitrogens with zero attached hydrogens (tertiary/aromatic N) is 1. The first-order chi connectivity index (χ1) is 10.3. The number of fused-ring (bicyclic) bond motifs is 1. The highest BCUT2D eigenvalue weighted by Gasteiger charge is 2.33. The molecule has 0 unspecified atom stereocenters. The van der Waals surface area contributed by atoms with Gasteiger partial charge in [0.1, 0.15) is 5.82 Å². The molecule has 0 radical (unpaired) electrons. The number of amides is 1. The van der Waals surface area contributed by atoms with Gasteiger partial charge in [0.25, 0.3) is 0 Å². The molecule has 0 bridgehead atoms. The number of rotatable bonds is 2. The number of pyridine rings is 1. The standard InChI is InChI=1S/C14H11F3N4O/c15-14(16,17)9-6-19-12(5-10(9)18)20-8-1-2-11-7(3-8)4-13(22)21-11/h1-3,5-6H,4H2,(H,21,22)(H3,18,19,20). The summed E-state index contributed by atoms with van der Waals surface area (Å²) in [4.78, 5) is 15.0. The maximum atomic E-state index is 12.6. The molecule has 8 heteroatoms. The molecule has 1 amide bonds. The van der Waals surface area contributed by atoms with Gasteiger partial charge >= 0.3 is 6.18 Å². The van der Waals surface area contributed by atoms with Crippen molar-refractivity contribution < 1.29 is 18.0 Å². The summed E-state index contributed by atoms with van der Waals surface area (Å²) in [5.74, 6) is 0.104. The average molecular weight is 308 g/mol. The third-order valence-corrected chi connectivity index (χ3v) is 3.24. The lowest BCUT2D eigenvalue weighted by Gasteiger charge is -2.12. The maximum Gasteiger partial charge on any atom is 0.419 e. The van der Waals surface area contributed by atoms with Crippen LogP contribution in [0.15, 0.2) is 30.5 Å². The number of benzene rings is 1. The Kier molecular flexibility index (Phi) is 3.16. The number of aromatic nitrogens is 1. The van der Waals surface area contributed by atoms with E-state index in [1.807, 2.05) is 0 Å². The minimum atomic E-state index is -4.53. The molecule has 4 N–H and O–H groups in total. The van der Waals surface area contributed by atoms with E-state index in [0.717, 1.165) is 17.3 Å². The summed E-state index contributed by atoms with van der Waals surface area (Å²) in [6, 6.07) is 6.28. The minimum absolute atomic E-state index is 0.0935. The smallest absolute Gasteiger partial charge is 0.398 e. The van der Waals surface area contributed by atoms with Crippen molar-refractivity contribution in [2.24, 2.45) is 0 Å². The second kappa shape index (κ2) is 4.90. The summed E-state index contributed by atoms with van der Waals surface area (Å²) in [7, 11) is 0. The number of anilines is 4. The Bertz CT molecular complexity index is 758. The molecule has 0 saturated carbocycles. The van der Waals surface area contributed by atoms with Crippen LogP contribution in [-0.4, -0.2) is 10.9 Å². The Labute approximate surface area is 123 Å². The quantitative estimate of drug-likeness (QED) is 0.797. The summed E-state index contributed by atoms with van der Waals surface area (Å²) in [5, 5.41) is 5.56. The first-order valence-electron chi connectivity index (χ1n) is 6.35. The molecule has 1 aromatic heterocycles. The number of nitrogens with two attached hydrogens (primary N) is 1. The molecule has 1 aromatic carbocycles. The van der Waals surface area contributed by atoms with Gasteiger partial charge in [-0.15, -0.1) is 0 Å². The van der Waals surface area contributed by atoms with Gasteiger partial charge in [-0.2, -0.15) is 13.2 Å². The number of alkyl halides is 3. The number of nitrogen functional groups attached to an aromatic ring is 1. The van der Waals surface area contributed by atoms with E-state index in [2.05, 4.69) is 15.6 Å². The van der Waals surface area contributed by atoms with E-state index < -0.39 is 17.4 Å². The minimum Gasteiger partial charge on any atom is -0.398 e. The molecule has 3 rings (SSSR count). The van der Waals surface area contributed by atoms with Crippen molar-refractivity contribution in [2.75, 3.05) is 16.4 Å². The Morgan fingerprint density at radius 3 is 2.73 bits per heavy atom. The summed E-state index contributed by atoms with van der Waals surface area (Å²) in [5.41, 5.74) is 6.20. The number of nitrogens with one attached hydrogen (secondary N) is 2. The van der Waals surface area contributed by atoms with Crippen LogP contribution in [0.25, 0.3) is 0 Å². The zero-order valence-corrected chi connectivity index (χ0v) is 11.2. The molecule has 0 atom stereocenters. The molecule has 2 aromatic rings.